The molecule has 1 aliphatic rings. The summed E-state index contributed by atoms with van der Waals surface area (Å²) in [6.07, 6.45) is -0.392. The van der Waals surface area contributed by atoms with E-state index in [4.69, 9.17) is 17.1 Å². The second-order valence-electron chi connectivity index (χ2n) is 3.48. The van der Waals surface area contributed by atoms with Crippen molar-refractivity contribution in [3.8, 4) is 0 Å². The lowest BCUT2D eigenvalue weighted by atomic mass is 10.4. The molecule has 1 aliphatic heterocycles. The van der Waals surface area contributed by atoms with E-state index in [9.17, 15) is 4.79 Å². The molecule has 1 saturated heterocycles. The first-order chi connectivity index (χ1) is 7.17. The van der Waals surface area contributed by atoms with Crippen LogP contribution in [0.4, 0.5) is 4.79 Å². The van der Waals surface area contributed by atoms with Gasteiger partial charge in [-0.15, -0.1) is 5.06 Å². The van der Waals surface area contributed by atoms with Crippen molar-refractivity contribution in [2.75, 3.05) is 39.8 Å². The highest BCUT2D eigenvalue weighted by Gasteiger charge is 2.19. The highest BCUT2D eigenvalue weighted by atomic mass is 32.1. The molecule has 5 nitrogen and oxygen atoms in total. The van der Waals surface area contributed by atoms with Crippen LogP contribution in [-0.4, -0.2) is 66.2 Å². The molecule has 0 aromatic heterocycles. The minimum Gasteiger partial charge on any atom is -0.351 e. The number of thiocarbonyl (C=S) groups is 1. The number of hydroxylamine groups is 2. The Morgan fingerprint density at radius 3 is 2.53 bits per heavy atom. The van der Waals surface area contributed by atoms with Gasteiger partial charge in [0.15, 0.2) is 0 Å². The van der Waals surface area contributed by atoms with Crippen molar-refractivity contribution in [2.45, 2.75) is 6.92 Å². The van der Waals surface area contributed by atoms with Crippen molar-refractivity contribution in [2.24, 2.45) is 0 Å². The maximum Gasteiger partial charge on any atom is 0.433 e. The molecule has 0 bridgehead atoms. The normalized spacial score (nSPS) is 18.5. The van der Waals surface area contributed by atoms with Crippen molar-refractivity contribution < 1.29 is 9.63 Å². The average molecular weight is 231 g/mol. The number of hydrogen-bond acceptors (Lipinski definition) is 5. The summed E-state index contributed by atoms with van der Waals surface area (Å²) in [5, 5.41) is 1.68. The monoisotopic (exact) mass is 231 g/mol. The SMILES string of the molecule is CCN(C=S)C(=O)ON1CCN(C)CC1. The Bertz CT molecular complexity index is 229. The fourth-order valence-corrected chi connectivity index (χ4v) is 1.52. The van der Waals surface area contributed by atoms with E-state index < -0.39 is 6.09 Å². The highest BCUT2D eigenvalue weighted by molar-refractivity contribution is 7.78. The van der Waals surface area contributed by atoms with Crippen molar-refractivity contribution in [1.29, 1.82) is 0 Å². The number of hydrogen-bond donors (Lipinski definition) is 0. The van der Waals surface area contributed by atoms with Crippen molar-refractivity contribution in [3.63, 3.8) is 0 Å². The van der Waals surface area contributed by atoms with Crippen molar-refractivity contribution in [1.82, 2.24) is 14.9 Å². The second-order valence-corrected chi connectivity index (χ2v) is 3.69. The topological polar surface area (TPSA) is 36.0 Å². The van der Waals surface area contributed by atoms with E-state index in [2.05, 4.69) is 11.9 Å². The maximum atomic E-state index is 11.5. The van der Waals surface area contributed by atoms with Crippen LogP contribution in [0.5, 0.6) is 0 Å². The summed E-state index contributed by atoms with van der Waals surface area (Å²) >= 11 is 4.71. The zero-order valence-electron chi connectivity index (χ0n) is 9.18. The summed E-state index contributed by atoms with van der Waals surface area (Å²) in [5.41, 5.74) is 1.32. The van der Waals surface area contributed by atoms with Gasteiger partial charge >= 0.3 is 6.09 Å². The van der Waals surface area contributed by atoms with Crippen molar-refractivity contribution in [3.05, 3.63) is 0 Å². The Morgan fingerprint density at radius 1 is 1.47 bits per heavy atom. The first kappa shape index (κ1) is 12.4. The van der Waals surface area contributed by atoms with Crippen LogP contribution in [0.2, 0.25) is 0 Å². The van der Waals surface area contributed by atoms with E-state index in [1.807, 2.05) is 6.92 Å². The molecule has 0 N–H and O–H groups in total. The third kappa shape index (κ3) is 3.73. The van der Waals surface area contributed by atoms with Crippen LogP contribution in [0.15, 0.2) is 0 Å². The summed E-state index contributed by atoms with van der Waals surface area (Å²) in [7, 11) is 2.05. The standard InChI is InChI=1S/C9H17N3O2S/c1-3-11(8-15)9(13)14-12-6-4-10(2)5-7-12/h8H,3-7H2,1-2H3. The third-order valence-corrected chi connectivity index (χ3v) is 2.63. The van der Waals surface area contributed by atoms with Crippen LogP contribution >= 0.6 is 12.2 Å². The predicted octanol–water partition coefficient (Wildman–Crippen LogP) is 0.565. The molecule has 0 spiro atoms. The first-order valence-electron chi connectivity index (χ1n) is 5.04. The number of nitrogens with zero attached hydrogens (tertiary/aromatic N) is 3. The third-order valence-electron chi connectivity index (χ3n) is 2.37. The quantitative estimate of drug-likeness (QED) is 0.663. The Kier molecular flexibility index (Phi) is 4.93. The van der Waals surface area contributed by atoms with E-state index >= 15 is 0 Å². The maximum absolute atomic E-state index is 11.5. The van der Waals surface area contributed by atoms with Crippen LogP contribution in [0, 0.1) is 0 Å². The molecule has 86 valence electrons. The van der Waals surface area contributed by atoms with Crippen molar-refractivity contribution >= 4 is 23.8 Å². The number of piperazine rings is 1. The summed E-state index contributed by atoms with van der Waals surface area (Å²) in [6, 6.07) is 0. The minimum absolute atomic E-state index is 0.392. The van der Waals surface area contributed by atoms with Crippen LogP contribution in [0.3, 0.4) is 0 Å². The number of carbonyl (C=O) groups excluding carboxylic acids is 1. The molecule has 1 amide bonds. The smallest absolute Gasteiger partial charge is 0.351 e. The largest absolute Gasteiger partial charge is 0.433 e. The van der Waals surface area contributed by atoms with Crippen LogP contribution in [-0.2, 0) is 4.84 Å². The number of rotatable bonds is 3. The van der Waals surface area contributed by atoms with Gasteiger partial charge in [0.2, 0.25) is 0 Å². The molecule has 1 fully saturated rings. The van der Waals surface area contributed by atoms with E-state index in [-0.39, 0.29) is 0 Å². The Balaban J connectivity index is 2.34. The fraction of sp³-hybridized carbons (Fsp3) is 0.778. The highest BCUT2D eigenvalue weighted by Crippen LogP contribution is 2.02. The number of likely N-dealkylation sites (N-methyl/N-ethyl adjacent to an activating group) is 1. The summed E-state index contributed by atoms with van der Waals surface area (Å²) < 4.78 is 0. The van der Waals surface area contributed by atoms with E-state index in [0.29, 0.717) is 6.54 Å². The van der Waals surface area contributed by atoms with E-state index in [1.54, 1.807) is 5.06 Å². The van der Waals surface area contributed by atoms with Crippen LogP contribution in [0.25, 0.3) is 0 Å². The molecule has 0 aromatic rings. The lowest BCUT2D eigenvalue weighted by molar-refractivity contribution is -0.126. The molecule has 15 heavy (non-hydrogen) atoms. The molecule has 1 rings (SSSR count). The Labute approximate surface area is 95.5 Å². The fourth-order valence-electron chi connectivity index (χ4n) is 1.29. The molecule has 0 aliphatic carbocycles. The number of carbonyl (C=O) groups is 1. The number of amides is 1. The van der Waals surface area contributed by atoms with Gasteiger partial charge in [0.05, 0.1) is 5.49 Å². The molecule has 0 aromatic carbocycles. The van der Waals surface area contributed by atoms with Crippen LogP contribution < -0.4 is 0 Å². The average Bonchev–Trinajstić information content (AvgIpc) is 2.23. The minimum atomic E-state index is -0.392. The van der Waals surface area contributed by atoms with Gasteiger partial charge in [0.1, 0.15) is 0 Å². The Morgan fingerprint density at radius 2 is 2.07 bits per heavy atom. The molecule has 0 radical (unpaired) electrons. The second kappa shape index (κ2) is 5.99. The molecule has 6 heteroatoms. The van der Waals surface area contributed by atoms with Gasteiger partial charge in [-0.1, -0.05) is 12.2 Å². The van der Waals surface area contributed by atoms with Gasteiger partial charge in [-0.05, 0) is 14.0 Å². The summed E-state index contributed by atoms with van der Waals surface area (Å²) in [5.74, 6) is 0. The molecular formula is C9H17N3O2S. The van der Waals surface area contributed by atoms with Gasteiger partial charge in [-0.2, -0.15) is 0 Å². The van der Waals surface area contributed by atoms with E-state index in [1.165, 1.54) is 10.4 Å². The van der Waals surface area contributed by atoms with Gasteiger partial charge in [0, 0.05) is 32.7 Å². The lowest BCUT2D eigenvalue weighted by Gasteiger charge is -2.31. The summed E-state index contributed by atoms with van der Waals surface area (Å²) in [6.45, 7) is 5.71. The van der Waals surface area contributed by atoms with Crippen LogP contribution in [0.1, 0.15) is 6.92 Å². The van der Waals surface area contributed by atoms with Gasteiger partial charge < -0.3 is 9.74 Å². The van der Waals surface area contributed by atoms with Gasteiger partial charge in [-0.25, -0.2) is 4.79 Å². The molecule has 0 atom stereocenters. The molecule has 0 unspecified atom stereocenters. The zero-order chi connectivity index (χ0) is 11.3. The van der Waals surface area contributed by atoms with E-state index in [0.717, 1.165) is 26.2 Å². The zero-order valence-corrected chi connectivity index (χ0v) is 10.00. The molecule has 1 heterocycles. The Hall–Kier alpha value is -0.720. The first-order valence-corrected chi connectivity index (χ1v) is 5.52. The summed E-state index contributed by atoms with van der Waals surface area (Å²) in [4.78, 5) is 20.2. The molecule has 0 saturated carbocycles. The lowest BCUT2D eigenvalue weighted by Crippen LogP contribution is -2.47. The van der Waals surface area contributed by atoms with Gasteiger partial charge in [0.25, 0.3) is 0 Å². The van der Waals surface area contributed by atoms with Gasteiger partial charge in [-0.3, -0.25) is 4.90 Å². The molecular weight excluding hydrogens is 214 g/mol. The predicted molar refractivity (Wildman–Crippen MR) is 61.6 cm³/mol.